The molecule has 1 aliphatic heterocycles. The van der Waals surface area contributed by atoms with Crippen LogP contribution < -0.4 is 4.74 Å². The predicted molar refractivity (Wildman–Crippen MR) is 115 cm³/mol. The van der Waals surface area contributed by atoms with Crippen molar-refractivity contribution in [3.05, 3.63) is 53.8 Å². The Morgan fingerprint density at radius 2 is 1.73 bits per heavy atom. The normalized spacial score (nSPS) is 17.8. The first kappa shape index (κ1) is 22.7. The predicted octanol–water partition coefficient (Wildman–Crippen LogP) is 3.18. The molecule has 1 unspecified atom stereocenters. The van der Waals surface area contributed by atoms with E-state index in [1.165, 1.54) is 17.7 Å². The molecule has 0 aliphatic carbocycles. The molecule has 30 heavy (non-hydrogen) atoms. The molecule has 0 spiro atoms. The SMILES string of the molecule is CC(C)c1ccc(-c2cc(F)cc(OCC(O)CN3CCC(O)(CO)CC3)c2)cc1. The van der Waals surface area contributed by atoms with Gasteiger partial charge in [0.1, 0.15) is 24.3 Å². The summed E-state index contributed by atoms with van der Waals surface area (Å²) in [5.41, 5.74) is 1.86. The number of aliphatic hydroxyl groups is 3. The van der Waals surface area contributed by atoms with Crippen molar-refractivity contribution in [1.82, 2.24) is 4.90 Å². The zero-order valence-corrected chi connectivity index (χ0v) is 17.7. The summed E-state index contributed by atoms with van der Waals surface area (Å²) < 4.78 is 19.8. The molecule has 6 heteroatoms. The largest absolute Gasteiger partial charge is 0.491 e. The summed E-state index contributed by atoms with van der Waals surface area (Å²) in [6.07, 6.45) is 0.210. The fourth-order valence-corrected chi connectivity index (χ4v) is 3.73. The number of rotatable bonds is 8. The number of hydrogen-bond donors (Lipinski definition) is 3. The van der Waals surface area contributed by atoms with Crippen LogP contribution in [0.5, 0.6) is 5.75 Å². The highest BCUT2D eigenvalue weighted by Crippen LogP contribution is 2.27. The first-order chi connectivity index (χ1) is 14.3. The Morgan fingerprint density at radius 3 is 2.33 bits per heavy atom. The van der Waals surface area contributed by atoms with Crippen molar-refractivity contribution in [1.29, 1.82) is 0 Å². The lowest BCUT2D eigenvalue weighted by atomic mass is 9.92. The minimum Gasteiger partial charge on any atom is -0.491 e. The molecular weight excluding hydrogens is 385 g/mol. The van der Waals surface area contributed by atoms with Crippen LogP contribution >= 0.6 is 0 Å². The van der Waals surface area contributed by atoms with Crippen molar-refractivity contribution in [2.24, 2.45) is 0 Å². The molecule has 164 valence electrons. The van der Waals surface area contributed by atoms with Crippen LogP contribution in [0.3, 0.4) is 0 Å². The number of likely N-dealkylation sites (tertiary alicyclic amines) is 1. The molecule has 1 aliphatic rings. The van der Waals surface area contributed by atoms with Gasteiger partial charge in [-0.2, -0.15) is 0 Å². The molecular formula is C24H32FNO4. The van der Waals surface area contributed by atoms with Gasteiger partial charge in [-0.1, -0.05) is 38.1 Å². The summed E-state index contributed by atoms with van der Waals surface area (Å²) in [7, 11) is 0. The minimum absolute atomic E-state index is 0.0515. The highest BCUT2D eigenvalue weighted by Gasteiger charge is 2.32. The van der Waals surface area contributed by atoms with Gasteiger partial charge < -0.3 is 25.0 Å². The third-order valence-electron chi connectivity index (χ3n) is 5.77. The van der Waals surface area contributed by atoms with Gasteiger partial charge in [0, 0.05) is 25.7 Å². The fourth-order valence-electron chi connectivity index (χ4n) is 3.73. The Hall–Kier alpha value is -1.99. The monoisotopic (exact) mass is 417 g/mol. The van der Waals surface area contributed by atoms with Gasteiger partial charge in [0.05, 0.1) is 12.2 Å². The van der Waals surface area contributed by atoms with E-state index in [9.17, 15) is 19.7 Å². The van der Waals surface area contributed by atoms with E-state index < -0.39 is 11.7 Å². The number of piperidine rings is 1. The maximum atomic E-state index is 14.1. The van der Waals surface area contributed by atoms with E-state index in [4.69, 9.17) is 4.74 Å². The number of halogens is 1. The van der Waals surface area contributed by atoms with E-state index in [1.807, 2.05) is 29.2 Å². The second-order valence-electron chi connectivity index (χ2n) is 8.60. The van der Waals surface area contributed by atoms with Crippen molar-refractivity contribution in [2.45, 2.75) is 44.3 Å². The van der Waals surface area contributed by atoms with Crippen molar-refractivity contribution in [3.8, 4) is 16.9 Å². The second kappa shape index (κ2) is 9.88. The Morgan fingerprint density at radius 1 is 1.07 bits per heavy atom. The first-order valence-electron chi connectivity index (χ1n) is 10.6. The van der Waals surface area contributed by atoms with Gasteiger partial charge in [-0.05, 0) is 47.6 Å². The average Bonchev–Trinajstić information content (AvgIpc) is 2.74. The van der Waals surface area contributed by atoms with Crippen LogP contribution in [0.4, 0.5) is 4.39 Å². The Labute approximate surface area is 177 Å². The van der Waals surface area contributed by atoms with Crippen LogP contribution in [0.1, 0.15) is 38.2 Å². The van der Waals surface area contributed by atoms with Crippen LogP contribution in [0.2, 0.25) is 0 Å². The second-order valence-corrected chi connectivity index (χ2v) is 8.60. The maximum absolute atomic E-state index is 14.1. The molecule has 0 aromatic heterocycles. The highest BCUT2D eigenvalue weighted by molar-refractivity contribution is 5.65. The van der Waals surface area contributed by atoms with Crippen LogP contribution in [-0.4, -0.2) is 64.8 Å². The van der Waals surface area contributed by atoms with Crippen molar-refractivity contribution < 1.29 is 24.4 Å². The van der Waals surface area contributed by atoms with E-state index >= 15 is 0 Å². The number of benzene rings is 2. The summed E-state index contributed by atoms with van der Waals surface area (Å²) in [5, 5.41) is 29.6. The van der Waals surface area contributed by atoms with Gasteiger partial charge in [0.15, 0.2) is 0 Å². The van der Waals surface area contributed by atoms with Crippen molar-refractivity contribution in [3.63, 3.8) is 0 Å². The van der Waals surface area contributed by atoms with Gasteiger partial charge in [0.25, 0.3) is 0 Å². The van der Waals surface area contributed by atoms with Crippen LogP contribution in [0.15, 0.2) is 42.5 Å². The summed E-state index contributed by atoms with van der Waals surface area (Å²) in [4.78, 5) is 2.03. The molecule has 1 saturated heterocycles. The number of aliphatic hydroxyl groups excluding tert-OH is 2. The lowest BCUT2D eigenvalue weighted by Crippen LogP contribution is -2.48. The molecule has 0 bridgehead atoms. The number of ether oxygens (including phenoxy) is 1. The minimum atomic E-state index is -1.01. The lowest BCUT2D eigenvalue weighted by molar-refractivity contribution is -0.0656. The molecule has 1 heterocycles. The number of nitrogens with zero attached hydrogens (tertiary/aromatic N) is 1. The molecule has 1 fully saturated rings. The summed E-state index contributed by atoms with van der Waals surface area (Å²) in [6.45, 7) is 5.68. The number of hydrogen-bond acceptors (Lipinski definition) is 5. The van der Waals surface area contributed by atoms with E-state index in [0.717, 1.165) is 11.1 Å². The number of β-amino-alcohol motifs (C(OH)–C–C–N with tert-alkyl or cyclic N) is 1. The molecule has 1 atom stereocenters. The highest BCUT2D eigenvalue weighted by atomic mass is 19.1. The molecule has 2 aromatic carbocycles. The topological polar surface area (TPSA) is 73.2 Å². The zero-order chi connectivity index (χ0) is 21.7. The molecule has 2 aromatic rings. The third-order valence-corrected chi connectivity index (χ3v) is 5.77. The fraction of sp³-hybridized carbons (Fsp3) is 0.500. The Kier molecular flexibility index (Phi) is 7.47. The smallest absolute Gasteiger partial charge is 0.127 e. The van der Waals surface area contributed by atoms with E-state index in [1.54, 1.807) is 6.07 Å². The zero-order valence-electron chi connectivity index (χ0n) is 17.7. The van der Waals surface area contributed by atoms with E-state index in [-0.39, 0.29) is 19.0 Å². The van der Waals surface area contributed by atoms with Gasteiger partial charge in [-0.15, -0.1) is 0 Å². The quantitative estimate of drug-likeness (QED) is 0.615. The Balaban J connectivity index is 1.56. The third kappa shape index (κ3) is 6.01. The van der Waals surface area contributed by atoms with Crippen LogP contribution in [-0.2, 0) is 0 Å². The molecule has 0 amide bonds. The van der Waals surface area contributed by atoms with Crippen LogP contribution in [0, 0.1) is 5.82 Å². The lowest BCUT2D eigenvalue weighted by Gasteiger charge is -2.37. The summed E-state index contributed by atoms with van der Waals surface area (Å²) in [5.74, 6) is 0.429. The summed E-state index contributed by atoms with van der Waals surface area (Å²) in [6, 6.07) is 12.6. The molecule has 0 saturated carbocycles. The van der Waals surface area contributed by atoms with Gasteiger partial charge in [-0.3, -0.25) is 0 Å². The van der Waals surface area contributed by atoms with Crippen molar-refractivity contribution >= 4 is 0 Å². The van der Waals surface area contributed by atoms with Gasteiger partial charge >= 0.3 is 0 Å². The molecule has 0 radical (unpaired) electrons. The van der Waals surface area contributed by atoms with Gasteiger partial charge in [-0.25, -0.2) is 4.39 Å². The van der Waals surface area contributed by atoms with E-state index in [2.05, 4.69) is 13.8 Å². The standard InChI is InChI=1S/C24H32FNO4/c1-17(2)18-3-5-19(6-4-18)20-11-21(25)13-23(12-20)30-15-22(28)14-26-9-7-24(29,16-27)8-10-26/h3-6,11-13,17,22,27-29H,7-10,14-16H2,1-2H3. The van der Waals surface area contributed by atoms with E-state index in [0.29, 0.717) is 44.1 Å². The average molecular weight is 418 g/mol. The van der Waals surface area contributed by atoms with Gasteiger partial charge in [0.2, 0.25) is 0 Å². The maximum Gasteiger partial charge on any atom is 0.127 e. The van der Waals surface area contributed by atoms with Crippen molar-refractivity contribution in [2.75, 3.05) is 32.8 Å². The Bertz CT molecular complexity index is 816. The molecule has 3 N–H and O–H groups in total. The molecule has 5 nitrogen and oxygen atoms in total. The first-order valence-corrected chi connectivity index (χ1v) is 10.6. The van der Waals surface area contributed by atoms with Crippen LogP contribution in [0.25, 0.3) is 11.1 Å². The summed E-state index contributed by atoms with van der Waals surface area (Å²) >= 11 is 0. The molecule has 3 rings (SSSR count).